The van der Waals surface area contributed by atoms with Crippen LogP contribution in [0.3, 0.4) is 0 Å². The number of fused-ring (bicyclic) bond motifs is 1. The maximum absolute atomic E-state index is 13.0. The van der Waals surface area contributed by atoms with Gasteiger partial charge < -0.3 is 4.57 Å². The number of aryl methyl sites for hydroxylation is 1. The molecular weight excluding hydrogens is 391 g/mol. The third kappa shape index (κ3) is 4.51. The van der Waals surface area contributed by atoms with Crippen molar-refractivity contribution in [3.63, 3.8) is 0 Å². The number of halogens is 3. The average molecular weight is 411 g/mol. The van der Waals surface area contributed by atoms with Crippen LogP contribution >= 0.6 is 11.8 Å². The lowest BCUT2D eigenvalue weighted by Crippen LogP contribution is -2.04. The van der Waals surface area contributed by atoms with Crippen LogP contribution in [0.4, 0.5) is 13.2 Å². The third-order valence-electron chi connectivity index (χ3n) is 4.87. The molecule has 5 heteroatoms. The zero-order valence-electron chi connectivity index (χ0n) is 15.9. The number of hydrogen-bond donors (Lipinski definition) is 0. The van der Waals surface area contributed by atoms with Crippen molar-refractivity contribution in [2.24, 2.45) is 0 Å². The fraction of sp³-hybridized carbons (Fsp3) is 0.167. The van der Waals surface area contributed by atoms with Gasteiger partial charge in [0.25, 0.3) is 0 Å². The fourth-order valence-corrected chi connectivity index (χ4v) is 4.38. The van der Waals surface area contributed by atoms with Crippen molar-refractivity contribution in [3.05, 3.63) is 101 Å². The first-order valence-electron chi connectivity index (χ1n) is 9.32. The minimum absolute atomic E-state index is 0.489. The summed E-state index contributed by atoms with van der Waals surface area (Å²) in [5, 5.41) is 1.12. The molecular formula is C24H20F3NS. The van der Waals surface area contributed by atoms with Crippen LogP contribution < -0.4 is 0 Å². The van der Waals surface area contributed by atoms with E-state index in [1.54, 1.807) is 17.8 Å². The van der Waals surface area contributed by atoms with E-state index in [2.05, 4.69) is 54.1 Å². The Morgan fingerprint density at radius 2 is 1.62 bits per heavy atom. The van der Waals surface area contributed by atoms with E-state index in [1.807, 2.05) is 12.1 Å². The second kappa shape index (κ2) is 7.99. The summed E-state index contributed by atoms with van der Waals surface area (Å²) in [6, 6.07) is 22.2. The van der Waals surface area contributed by atoms with Gasteiger partial charge in [-0.15, -0.1) is 11.8 Å². The normalized spacial score (nSPS) is 11.9. The highest BCUT2D eigenvalue weighted by molar-refractivity contribution is 7.98. The summed E-state index contributed by atoms with van der Waals surface area (Å²) in [5.74, 6) is 0.489. The summed E-state index contributed by atoms with van der Waals surface area (Å²) in [6.45, 7) is 2.82. The molecule has 148 valence electrons. The van der Waals surface area contributed by atoms with E-state index in [1.165, 1.54) is 23.3 Å². The minimum atomic E-state index is -4.31. The van der Waals surface area contributed by atoms with Crippen LogP contribution in [0, 0.1) is 6.92 Å². The first kappa shape index (κ1) is 19.6. The lowest BCUT2D eigenvalue weighted by atomic mass is 10.1. The Kier molecular flexibility index (Phi) is 5.41. The molecule has 0 saturated carbocycles. The van der Waals surface area contributed by atoms with Gasteiger partial charge in [-0.05, 0) is 30.2 Å². The first-order valence-corrected chi connectivity index (χ1v) is 10.3. The Morgan fingerprint density at radius 3 is 2.38 bits per heavy atom. The Hall–Kier alpha value is -2.66. The number of rotatable bonds is 5. The smallest absolute Gasteiger partial charge is 0.342 e. The molecule has 0 unspecified atom stereocenters. The molecule has 0 atom stereocenters. The molecule has 1 nitrogen and oxygen atoms in total. The zero-order valence-corrected chi connectivity index (χ0v) is 16.7. The summed E-state index contributed by atoms with van der Waals surface area (Å²) >= 11 is 1.57. The molecule has 4 aromatic rings. The molecule has 0 amide bonds. The predicted octanol–water partition coefficient (Wildman–Crippen LogP) is 7.31. The van der Waals surface area contributed by atoms with Gasteiger partial charge in [0, 0.05) is 34.3 Å². The van der Waals surface area contributed by atoms with E-state index >= 15 is 0 Å². The van der Waals surface area contributed by atoms with Gasteiger partial charge in [-0.1, -0.05) is 66.2 Å². The molecule has 0 aliphatic carbocycles. The first-order chi connectivity index (χ1) is 13.9. The van der Waals surface area contributed by atoms with Gasteiger partial charge in [0.2, 0.25) is 0 Å². The molecule has 0 saturated heterocycles. The molecule has 1 aromatic heterocycles. The van der Waals surface area contributed by atoms with Crippen LogP contribution in [-0.2, 0) is 18.5 Å². The Balaban J connectivity index is 1.59. The topological polar surface area (TPSA) is 4.93 Å². The van der Waals surface area contributed by atoms with Crippen molar-refractivity contribution in [1.82, 2.24) is 4.57 Å². The number of para-hydroxylation sites is 1. The molecule has 4 rings (SSSR count). The summed E-state index contributed by atoms with van der Waals surface area (Å²) < 4.78 is 41.1. The van der Waals surface area contributed by atoms with E-state index in [4.69, 9.17) is 0 Å². The van der Waals surface area contributed by atoms with Crippen molar-refractivity contribution in [3.8, 4) is 0 Å². The van der Waals surface area contributed by atoms with Crippen molar-refractivity contribution in [1.29, 1.82) is 0 Å². The number of aromatic nitrogens is 1. The summed E-state index contributed by atoms with van der Waals surface area (Å²) in [5.41, 5.74) is 3.63. The van der Waals surface area contributed by atoms with Crippen molar-refractivity contribution in [2.45, 2.75) is 30.3 Å². The Labute approximate surface area is 172 Å². The molecule has 0 bridgehead atoms. The number of nitrogens with zero attached hydrogens (tertiary/aromatic N) is 1. The van der Waals surface area contributed by atoms with Crippen molar-refractivity contribution in [2.75, 3.05) is 0 Å². The SMILES string of the molecule is Cc1ccc(Cn2cc(SCc3cccc(C(F)(F)F)c3)c3ccccc32)cc1. The Morgan fingerprint density at radius 1 is 0.862 bits per heavy atom. The third-order valence-corrected chi connectivity index (χ3v) is 5.99. The molecule has 0 fully saturated rings. The van der Waals surface area contributed by atoms with Crippen molar-refractivity contribution >= 4 is 22.7 Å². The molecule has 0 spiro atoms. The van der Waals surface area contributed by atoms with Gasteiger partial charge in [0.15, 0.2) is 0 Å². The molecule has 0 N–H and O–H groups in total. The van der Waals surface area contributed by atoms with Gasteiger partial charge in [0.05, 0.1) is 5.56 Å². The molecule has 0 aliphatic rings. The summed E-state index contributed by atoms with van der Waals surface area (Å²) in [6.07, 6.45) is -2.21. The van der Waals surface area contributed by atoms with Crippen LogP contribution in [0.25, 0.3) is 10.9 Å². The number of thioether (sulfide) groups is 1. The summed E-state index contributed by atoms with van der Waals surface area (Å²) in [7, 11) is 0. The van der Waals surface area contributed by atoms with Gasteiger partial charge in [-0.2, -0.15) is 13.2 Å². The van der Waals surface area contributed by atoms with Crippen LogP contribution in [-0.4, -0.2) is 4.57 Å². The summed E-state index contributed by atoms with van der Waals surface area (Å²) in [4.78, 5) is 1.07. The highest BCUT2D eigenvalue weighted by atomic mass is 32.2. The number of benzene rings is 3. The monoisotopic (exact) mass is 411 g/mol. The highest BCUT2D eigenvalue weighted by Gasteiger charge is 2.30. The average Bonchev–Trinajstić information content (AvgIpc) is 3.05. The zero-order chi connectivity index (χ0) is 20.4. The van der Waals surface area contributed by atoms with E-state index in [9.17, 15) is 13.2 Å². The number of alkyl halides is 3. The van der Waals surface area contributed by atoms with Crippen LogP contribution in [0.15, 0.2) is 83.9 Å². The lowest BCUT2D eigenvalue weighted by molar-refractivity contribution is -0.137. The molecule has 0 aliphatic heterocycles. The molecule has 29 heavy (non-hydrogen) atoms. The van der Waals surface area contributed by atoms with Gasteiger partial charge in [0.1, 0.15) is 0 Å². The maximum atomic E-state index is 13.0. The largest absolute Gasteiger partial charge is 0.416 e. The van der Waals surface area contributed by atoms with Gasteiger partial charge >= 0.3 is 6.18 Å². The standard InChI is InChI=1S/C24H20F3NS/c1-17-9-11-18(12-10-17)14-28-15-23(21-7-2-3-8-22(21)28)29-16-19-5-4-6-20(13-19)24(25,26)27/h2-13,15H,14,16H2,1H3. The second-order valence-electron chi connectivity index (χ2n) is 7.11. The van der Waals surface area contributed by atoms with Crippen molar-refractivity contribution < 1.29 is 13.2 Å². The second-order valence-corrected chi connectivity index (χ2v) is 8.13. The quantitative estimate of drug-likeness (QED) is 0.312. The van der Waals surface area contributed by atoms with Gasteiger partial charge in [-0.25, -0.2) is 0 Å². The van der Waals surface area contributed by atoms with E-state index in [0.717, 1.165) is 28.4 Å². The predicted molar refractivity (Wildman–Crippen MR) is 113 cm³/mol. The lowest BCUT2D eigenvalue weighted by Gasteiger charge is -2.08. The highest BCUT2D eigenvalue weighted by Crippen LogP contribution is 2.34. The van der Waals surface area contributed by atoms with Crippen LogP contribution in [0.1, 0.15) is 22.3 Å². The van der Waals surface area contributed by atoms with Crippen LogP contribution in [0.5, 0.6) is 0 Å². The van der Waals surface area contributed by atoms with E-state index in [-0.39, 0.29) is 0 Å². The number of hydrogen-bond acceptors (Lipinski definition) is 1. The molecule has 0 radical (unpaired) electrons. The van der Waals surface area contributed by atoms with Gasteiger partial charge in [-0.3, -0.25) is 0 Å². The maximum Gasteiger partial charge on any atom is 0.416 e. The van der Waals surface area contributed by atoms with Crippen LogP contribution in [0.2, 0.25) is 0 Å². The fourth-order valence-electron chi connectivity index (χ4n) is 3.35. The Bertz CT molecular complexity index is 1130. The van der Waals surface area contributed by atoms with E-state index in [0.29, 0.717) is 11.3 Å². The minimum Gasteiger partial charge on any atom is -0.342 e. The molecule has 3 aromatic carbocycles. The molecule has 1 heterocycles. The van der Waals surface area contributed by atoms with E-state index < -0.39 is 11.7 Å².